The predicted molar refractivity (Wildman–Crippen MR) is 57.7 cm³/mol. The Bertz CT molecular complexity index is 615. The first-order chi connectivity index (χ1) is 8.08. The Kier molecular flexibility index (Phi) is 2.70. The Hall–Kier alpha value is -2.50. The van der Waals surface area contributed by atoms with E-state index in [0.29, 0.717) is 11.0 Å². The van der Waals surface area contributed by atoms with Crippen LogP contribution in [0.25, 0.3) is 11.0 Å². The number of hydrogen-bond acceptors (Lipinski definition) is 4. The highest BCUT2D eigenvalue weighted by atomic mass is 16.4. The molecule has 1 heterocycles. The zero-order valence-corrected chi connectivity index (χ0v) is 8.64. The van der Waals surface area contributed by atoms with Crippen LogP contribution in [0.5, 0.6) is 0 Å². The average molecular weight is 232 g/mol. The molecule has 1 aromatic heterocycles. The molecule has 2 aromatic rings. The molecule has 0 fully saturated rings. The van der Waals surface area contributed by atoms with Crippen LogP contribution in [0.4, 0.5) is 0 Å². The lowest BCUT2D eigenvalue weighted by molar-refractivity contribution is -0.139. The van der Waals surface area contributed by atoms with Crippen LogP contribution in [0.2, 0.25) is 0 Å². The molecule has 0 unspecified atom stereocenters. The number of nitrogens with one attached hydrogen (secondary N) is 1. The van der Waals surface area contributed by atoms with Crippen molar-refractivity contribution in [3.05, 3.63) is 30.1 Å². The topological polar surface area (TPSA) is 100 Å². The fraction of sp³-hybridized carbons (Fsp3) is 0.0909. The van der Waals surface area contributed by atoms with Gasteiger partial charge in [0.1, 0.15) is 6.42 Å². The van der Waals surface area contributed by atoms with Crippen molar-refractivity contribution in [3.8, 4) is 0 Å². The number of fused-ring (bicyclic) bond motifs is 1. The predicted octanol–water partition coefficient (Wildman–Crippen LogP) is 0.789. The Morgan fingerprint density at radius 1 is 1.29 bits per heavy atom. The molecule has 0 bridgehead atoms. The highest BCUT2D eigenvalue weighted by molar-refractivity contribution is 6.45. The first-order valence-electron chi connectivity index (χ1n) is 4.80. The number of carbonyl (C=O) groups excluding carboxylic acids is 2. The van der Waals surface area contributed by atoms with Crippen LogP contribution in [0.15, 0.2) is 24.5 Å². The zero-order chi connectivity index (χ0) is 12.4. The van der Waals surface area contributed by atoms with Gasteiger partial charge in [-0.25, -0.2) is 4.98 Å². The van der Waals surface area contributed by atoms with Gasteiger partial charge in [0.05, 0.1) is 17.4 Å². The molecule has 86 valence electrons. The minimum absolute atomic E-state index is 0.160. The molecule has 0 amide bonds. The summed E-state index contributed by atoms with van der Waals surface area (Å²) >= 11 is 0. The third-order valence-corrected chi connectivity index (χ3v) is 2.25. The van der Waals surface area contributed by atoms with Crippen LogP contribution in [-0.2, 0) is 9.59 Å². The van der Waals surface area contributed by atoms with Crippen molar-refractivity contribution in [3.63, 3.8) is 0 Å². The number of imidazole rings is 1. The number of rotatable bonds is 4. The second-order valence-electron chi connectivity index (χ2n) is 3.46. The van der Waals surface area contributed by atoms with E-state index < -0.39 is 24.0 Å². The number of H-pyrrole nitrogens is 1. The summed E-state index contributed by atoms with van der Waals surface area (Å²) in [5.41, 5.74) is 1.46. The molecule has 6 nitrogen and oxygen atoms in total. The summed E-state index contributed by atoms with van der Waals surface area (Å²) in [5.74, 6) is -3.05. The summed E-state index contributed by atoms with van der Waals surface area (Å²) in [6.07, 6.45) is 0.678. The summed E-state index contributed by atoms with van der Waals surface area (Å²) in [5, 5.41) is 8.43. The van der Waals surface area contributed by atoms with Crippen molar-refractivity contribution < 1.29 is 19.5 Å². The van der Waals surface area contributed by atoms with Crippen molar-refractivity contribution in [2.75, 3.05) is 0 Å². The van der Waals surface area contributed by atoms with Gasteiger partial charge in [0.25, 0.3) is 0 Å². The van der Waals surface area contributed by atoms with Crippen molar-refractivity contribution in [2.24, 2.45) is 0 Å². The molecule has 2 N–H and O–H groups in total. The third-order valence-electron chi connectivity index (χ3n) is 2.25. The average Bonchev–Trinajstić information content (AvgIpc) is 2.73. The number of carbonyl (C=O) groups is 3. The van der Waals surface area contributed by atoms with E-state index in [1.165, 1.54) is 18.5 Å². The smallest absolute Gasteiger partial charge is 0.311 e. The maximum absolute atomic E-state index is 11.6. The van der Waals surface area contributed by atoms with Crippen molar-refractivity contribution in [2.45, 2.75) is 6.42 Å². The summed E-state index contributed by atoms with van der Waals surface area (Å²) < 4.78 is 0. The number of carboxylic acids is 1. The van der Waals surface area contributed by atoms with E-state index in [1.807, 2.05) is 0 Å². The van der Waals surface area contributed by atoms with Crippen LogP contribution >= 0.6 is 0 Å². The molecule has 0 atom stereocenters. The maximum Gasteiger partial charge on any atom is 0.311 e. The number of benzene rings is 1. The monoisotopic (exact) mass is 232 g/mol. The van der Waals surface area contributed by atoms with Crippen molar-refractivity contribution >= 4 is 28.6 Å². The third kappa shape index (κ3) is 2.20. The molecular formula is C11H8N2O4. The fourth-order valence-corrected chi connectivity index (χ4v) is 1.46. The molecule has 6 heteroatoms. The van der Waals surface area contributed by atoms with Gasteiger partial charge in [-0.05, 0) is 18.2 Å². The van der Waals surface area contributed by atoms with Gasteiger partial charge in [-0.1, -0.05) is 0 Å². The van der Waals surface area contributed by atoms with E-state index in [9.17, 15) is 14.4 Å². The van der Waals surface area contributed by atoms with Gasteiger partial charge in [-0.3, -0.25) is 14.4 Å². The van der Waals surface area contributed by atoms with E-state index in [2.05, 4.69) is 9.97 Å². The molecule has 0 aliphatic heterocycles. The molecular weight excluding hydrogens is 224 g/mol. The molecule has 0 saturated carbocycles. The molecule has 0 saturated heterocycles. The van der Waals surface area contributed by atoms with E-state index in [1.54, 1.807) is 6.07 Å². The second-order valence-corrected chi connectivity index (χ2v) is 3.46. The van der Waals surface area contributed by atoms with Crippen LogP contribution in [-0.4, -0.2) is 32.6 Å². The minimum Gasteiger partial charge on any atom is -0.481 e. The van der Waals surface area contributed by atoms with E-state index in [4.69, 9.17) is 5.11 Å². The number of aromatic amines is 1. The van der Waals surface area contributed by atoms with Gasteiger partial charge < -0.3 is 10.1 Å². The van der Waals surface area contributed by atoms with Gasteiger partial charge in [0, 0.05) is 5.56 Å². The van der Waals surface area contributed by atoms with Gasteiger partial charge in [-0.15, -0.1) is 0 Å². The normalized spacial score (nSPS) is 10.4. The van der Waals surface area contributed by atoms with E-state index in [0.717, 1.165) is 0 Å². The quantitative estimate of drug-likeness (QED) is 0.461. The van der Waals surface area contributed by atoms with E-state index in [-0.39, 0.29) is 5.56 Å². The van der Waals surface area contributed by atoms with Gasteiger partial charge in [-0.2, -0.15) is 0 Å². The fourth-order valence-electron chi connectivity index (χ4n) is 1.46. The molecule has 0 aliphatic rings. The minimum atomic E-state index is -1.31. The molecule has 0 aliphatic carbocycles. The number of Topliss-reactive ketones (excluding diaryl/α,β-unsaturated/α-hetero) is 2. The summed E-state index contributed by atoms with van der Waals surface area (Å²) in [4.78, 5) is 40.0. The molecule has 0 radical (unpaired) electrons. The first-order valence-corrected chi connectivity index (χ1v) is 4.80. The Labute approximate surface area is 95.3 Å². The van der Waals surface area contributed by atoms with Gasteiger partial charge in [0.15, 0.2) is 0 Å². The Morgan fingerprint density at radius 2 is 2.06 bits per heavy atom. The van der Waals surface area contributed by atoms with Crippen LogP contribution in [0.1, 0.15) is 16.8 Å². The lowest BCUT2D eigenvalue weighted by atomic mass is 10.1. The number of carboxylic acid groups (broad SMARTS) is 1. The molecule has 2 rings (SSSR count). The van der Waals surface area contributed by atoms with Gasteiger partial charge in [0.2, 0.25) is 11.6 Å². The Balaban J connectivity index is 2.29. The number of aromatic nitrogens is 2. The highest BCUT2D eigenvalue weighted by Gasteiger charge is 2.19. The largest absolute Gasteiger partial charge is 0.481 e. The van der Waals surface area contributed by atoms with E-state index >= 15 is 0 Å². The SMILES string of the molecule is O=C(O)CC(=O)C(=O)c1ccc2nc[nH]c2c1. The summed E-state index contributed by atoms with van der Waals surface area (Å²) in [6.45, 7) is 0. The standard InChI is InChI=1S/C11H8N2O4/c14-9(4-10(15)16)11(17)6-1-2-7-8(3-6)13-5-12-7/h1-3,5H,4H2,(H,12,13)(H,15,16). The highest BCUT2D eigenvalue weighted by Crippen LogP contribution is 2.12. The molecule has 0 spiro atoms. The second kappa shape index (κ2) is 4.17. The first kappa shape index (κ1) is 11.0. The lowest BCUT2D eigenvalue weighted by Crippen LogP contribution is -2.17. The van der Waals surface area contributed by atoms with Crippen molar-refractivity contribution in [1.82, 2.24) is 9.97 Å². The number of hydrogen-bond donors (Lipinski definition) is 2. The zero-order valence-electron chi connectivity index (χ0n) is 8.64. The maximum atomic E-state index is 11.6. The van der Waals surface area contributed by atoms with Crippen LogP contribution < -0.4 is 0 Å². The Morgan fingerprint density at radius 3 is 2.76 bits per heavy atom. The summed E-state index contributed by atoms with van der Waals surface area (Å²) in [7, 11) is 0. The van der Waals surface area contributed by atoms with Crippen LogP contribution in [0.3, 0.4) is 0 Å². The van der Waals surface area contributed by atoms with Gasteiger partial charge >= 0.3 is 5.97 Å². The molecule has 1 aromatic carbocycles. The lowest BCUT2D eigenvalue weighted by Gasteiger charge is -1.98. The van der Waals surface area contributed by atoms with Crippen LogP contribution in [0, 0.1) is 0 Å². The number of ketones is 2. The molecule has 17 heavy (non-hydrogen) atoms. The number of nitrogens with zero attached hydrogens (tertiary/aromatic N) is 1. The van der Waals surface area contributed by atoms with Crippen molar-refractivity contribution in [1.29, 1.82) is 0 Å². The number of aliphatic carboxylic acids is 1. The summed E-state index contributed by atoms with van der Waals surface area (Å²) in [6, 6.07) is 4.52.